The van der Waals surface area contributed by atoms with Crippen molar-refractivity contribution < 1.29 is 17.6 Å². The van der Waals surface area contributed by atoms with Crippen molar-refractivity contribution in [2.75, 3.05) is 26.7 Å². The average Bonchev–Trinajstić information content (AvgIpc) is 3.32. The van der Waals surface area contributed by atoms with Gasteiger partial charge in [-0.3, -0.25) is 4.79 Å². The summed E-state index contributed by atoms with van der Waals surface area (Å²) in [6.07, 6.45) is 5.15. The fourth-order valence-electron chi connectivity index (χ4n) is 3.74. The van der Waals surface area contributed by atoms with E-state index in [-0.39, 0.29) is 16.7 Å². The molecule has 0 aromatic carbocycles. The molecule has 0 aliphatic carbocycles. The van der Waals surface area contributed by atoms with Gasteiger partial charge < -0.3 is 9.32 Å². The smallest absolute Gasteiger partial charge is 0.252 e. The van der Waals surface area contributed by atoms with Crippen molar-refractivity contribution in [3.63, 3.8) is 0 Å². The number of likely N-dealkylation sites (tertiary alicyclic amines) is 1. The summed E-state index contributed by atoms with van der Waals surface area (Å²) < 4.78 is 33.0. The second-order valence-corrected chi connectivity index (χ2v) is 9.93. The number of aromatic nitrogens is 1. The van der Waals surface area contributed by atoms with Crippen molar-refractivity contribution in [2.45, 2.75) is 23.5 Å². The molecule has 2 fully saturated rings. The van der Waals surface area contributed by atoms with Crippen molar-refractivity contribution in [1.29, 1.82) is 0 Å². The predicted octanol–water partition coefficient (Wildman–Crippen LogP) is 2.04. The van der Waals surface area contributed by atoms with Gasteiger partial charge in [0.25, 0.3) is 10.0 Å². The van der Waals surface area contributed by atoms with Crippen molar-refractivity contribution >= 4 is 27.3 Å². The fourth-order valence-corrected chi connectivity index (χ4v) is 6.68. The molecule has 2 saturated heterocycles. The van der Waals surface area contributed by atoms with Crippen LogP contribution >= 0.6 is 11.3 Å². The van der Waals surface area contributed by atoms with E-state index in [1.807, 2.05) is 0 Å². The largest absolute Gasteiger partial charge is 0.443 e. The second-order valence-electron chi connectivity index (χ2n) is 6.68. The van der Waals surface area contributed by atoms with Crippen LogP contribution < -0.4 is 0 Å². The number of amides is 1. The van der Waals surface area contributed by atoms with Gasteiger partial charge in [0.15, 0.2) is 12.2 Å². The minimum absolute atomic E-state index is 0.0741. The number of carbonyl (C=O) groups is 1. The third-order valence-corrected chi connectivity index (χ3v) is 8.53. The molecule has 0 saturated carbocycles. The Hall–Kier alpha value is -1.71. The molecule has 4 heterocycles. The zero-order valence-corrected chi connectivity index (χ0v) is 15.5. The Morgan fingerprint density at radius 1 is 1.28 bits per heavy atom. The van der Waals surface area contributed by atoms with Crippen LogP contribution in [0.2, 0.25) is 0 Å². The summed E-state index contributed by atoms with van der Waals surface area (Å²) in [5, 5.41) is 0. The summed E-state index contributed by atoms with van der Waals surface area (Å²) in [4.78, 5) is 18.9. The molecule has 0 bridgehead atoms. The maximum atomic E-state index is 13.0. The highest BCUT2D eigenvalue weighted by Crippen LogP contribution is 2.42. The van der Waals surface area contributed by atoms with Gasteiger partial charge >= 0.3 is 0 Å². The Kier molecular flexibility index (Phi) is 3.97. The minimum atomic E-state index is -3.61. The van der Waals surface area contributed by atoms with Crippen LogP contribution in [0.3, 0.4) is 0 Å². The summed E-state index contributed by atoms with van der Waals surface area (Å²) in [6, 6.07) is 3.32. The Morgan fingerprint density at radius 2 is 2.12 bits per heavy atom. The molecule has 2 aromatic heterocycles. The lowest BCUT2D eigenvalue weighted by atomic mass is 9.78. The van der Waals surface area contributed by atoms with E-state index in [2.05, 4.69) is 4.98 Å². The highest BCUT2D eigenvalue weighted by Gasteiger charge is 2.50. The van der Waals surface area contributed by atoms with Crippen molar-refractivity contribution in [2.24, 2.45) is 5.41 Å². The van der Waals surface area contributed by atoms with Crippen LogP contribution in [0.4, 0.5) is 0 Å². The third-order valence-electron chi connectivity index (χ3n) is 5.12. The van der Waals surface area contributed by atoms with Crippen LogP contribution in [0.1, 0.15) is 19.3 Å². The number of sulfonamides is 1. The van der Waals surface area contributed by atoms with E-state index in [9.17, 15) is 13.2 Å². The minimum Gasteiger partial charge on any atom is -0.443 e. The van der Waals surface area contributed by atoms with E-state index in [0.717, 1.165) is 35.6 Å². The van der Waals surface area contributed by atoms with Gasteiger partial charge in [-0.05, 0) is 31.4 Å². The number of carbonyl (C=O) groups excluding carboxylic acids is 1. The lowest BCUT2D eigenvalue weighted by Crippen LogP contribution is -2.48. The Balaban J connectivity index is 1.59. The molecule has 0 N–H and O–H groups in total. The standard InChI is InChI=1S/C16H19N3O4S2/c1-18-7-2-5-16(15(18)20)6-8-19(10-16)25(21,22)14-4-3-13(24-14)12-9-17-11-23-12/h3-4,9,11H,2,5-8,10H2,1H3/t16-/m0/s1. The highest BCUT2D eigenvalue weighted by atomic mass is 32.2. The number of rotatable bonds is 3. The van der Waals surface area contributed by atoms with Gasteiger partial charge in [-0.1, -0.05) is 0 Å². The van der Waals surface area contributed by atoms with Crippen LogP contribution in [0.25, 0.3) is 10.6 Å². The number of piperidine rings is 1. The first-order valence-corrected chi connectivity index (χ1v) is 10.4. The molecule has 0 radical (unpaired) electrons. The average molecular weight is 381 g/mol. The summed E-state index contributed by atoms with van der Waals surface area (Å²) in [6.45, 7) is 1.41. The molecule has 0 unspecified atom stereocenters. The molecular formula is C16H19N3O4S2. The zero-order chi connectivity index (χ0) is 17.7. The fraction of sp³-hybridized carbons (Fsp3) is 0.500. The van der Waals surface area contributed by atoms with Gasteiger partial charge in [0.1, 0.15) is 4.21 Å². The first-order chi connectivity index (χ1) is 11.9. The van der Waals surface area contributed by atoms with Gasteiger partial charge in [0.05, 0.1) is 16.5 Å². The lowest BCUT2D eigenvalue weighted by Gasteiger charge is -2.37. The lowest BCUT2D eigenvalue weighted by molar-refractivity contribution is -0.143. The topological polar surface area (TPSA) is 83.7 Å². The SMILES string of the molecule is CN1CCC[C@@]2(CCN(S(=O)(=O)c3ccc(-c4cnco4)s3)C2)C1=O. The molecule has 2 aliphatic rings. The number of thiophene rings is 1. The number of oxazole rings is 1. The quantitative estimate of drug-likeness (QED) is 0.812. The van der Waals surface area contributed by atoms with Crippen molar-refractivity contribution in [3.8, 4) is 10.6 Å². The molecule has 9 heteroatoms. The van der Waals surface area contributed by atoms with E-state index in [0.29, 0.717) is 18.7 Å². The summed E-state index contributed by atoms with van der Waals surface area (Å²) in [7, 11) is -1.81. The predicted molar refractivity (Wildman–Crippen MR) is 92.5 cm³/mol. The van der Waals surface area contributed by atoms with Crippen molar-refractivity contribution in [3.05, 3.63) is 24.7 Å². The number of hydrogen-bond acceptors (Lipinski definition) is 6. The maximum Gasteiger partial charge on any atom is 0.252 e. The van der Waals surface area contributed by atoms with E-state index < -0.39 is 15.4 Å². The zero-order valence-electron chi connectivity index (χ0n) is 13.8. The monoisotopic (exact) mass is 381 g/mol. The van der Waals surface area contributed by atoms with Gasteiger partial charge in [-0.15, -0.1) is 11.3 Å². The molecule has 134 valence electrons. The third kappa shape index (κ3) is 2.70. The molecule has 4 rings (SSSR count). The van der Waals surface area contributed by atoms with Crippen LogP contribution in [0, 0.1) is 5.41 Å². The first-order valence-electron chi connectivity index (χ1n) is 8.17. The molecule has 1 amide bonds. The number of nitrogens with zero attached hydrogens (tertiary/aromatic N) is 3. The van der Waals surface area contributed by atoms with Crippen LogP contribution in [0.15, 0.2) is 33.3 Å². The van der Waals surface area contributed by atoms with Gasteiger partial charge in [-0.25, -0.2) is 13.4 Å². The Morgan fingerprint density at radius 3 is 2.88 bits per heavy atom. The molecule has 1 atom stereocenters. The van der Waals surface area contributed by atoms with Crippen LogP contribution in [0.5, 0.6) is 0 Å². The molecule has 1 spiro atoms. The van der Waals surface area contributed by atoms with E-state index >= 15 is 0 Å². The second kappa shape index (κ2) is 5.93. The van der Waals surface area contributed by atoms with Gasteiger partial charge in [-0.2, -0.15) is 4.31 Å². The van der Waals surface area contributed by atoms with E-state index in [4.69, 9.17) is 4.42 Å². The summed E-state index contributed by atoms with van der Waals surface area (Å²) >= 11 is 1.16. The van der Waals surface area contributed by atoms with Crippen LogP contribution in [-0.2, 0) is 14.8 Å². The number of hydrogen-bond donors (Lipinski definition) is 0. The highest BCUT2D eigenvalue weighted by molar-refractivity contribution is 7.91. The van der Waals surface area contributed by atoms with E-state index in [1.165, 1.54) is 10.7 Å². The van der Waals surface area contributed by atoms with Gasteiger partial charge in [0.2, 0.25) is 5.91 Å². The van der Waals surface area contributed by atoms with Gasteiger partial charge in [0, 0.05) is 26.7 Å². The molecule has 2 aliphatic heterocycles. The summed E-state index contributed by atoms with van der Waals surface area (Å²) in [5.74, 6) is 0.624. The first kappa shape index (κ1) is 16.7. The molecular weight excluding hydrogens is 362 g/mol. The molecule has 7 nitrogen and oxygen atoms in total. The Bertz CT molecular complexity index is 890. The Labute approximate surface area is 150 Å². The van der Waals surface area contributed by atoms with E-state index in [1.54, 1.807) is 30.3 Å². The van der Waals surface area contributed by atoms with Crippen LogP contribution in [-0.4, -0.2) is 55.2 Å². The summed E-state index contributed by atoms with van der Waals surface area (Å²) in [5.41, 5.74) is -0.551. The molecule has 2 aromatic rings. The maximum absolute atomic E-state index is 13.0. The normalized spacial score (nSPS) is 25.2. The molecule has 25 heavy (non-hydrogen) atoms. The van der Waals surface area contributed by atoms with Crippen molar-refractivity contribution in [1.82, 2.24) is 14.2 Å².